The summed E-state index contributed by atoms with van der Waals surface area (Å²) in [5.41, 5.74) is 0.736. The highest BCUT2D eigenvalue weighted by molar-refractivity contribution is 5.51. The maximum absolute atomic E-state index is 9.76. The van der Waals surface area contributed by atoms with Crippen molar-refractivity contribution in [3.8, 4) is 23.3 Å². The van der Waals surface area contributed by atoms with Crippen LogP contribution in [-0.2, 0) is 6.54 Å². The molecule has 5 nitrogen and oxygen atoms in total. The number of aromatic hydroxyl groups is 1. The van der Waals surface area contributed by atoms with Gasteiger partial charge in [-0.05, 0) is 13.0 Å². The summed E-state index contributed by atoms with van der Waals surface area (Å²) in [7, 11) is 0. The minimum Gasteiger partial charge on any atom is -0.507 e. The lowest BCUT2D eigenvalue weighted by molar-refractivity contribution is 0.174. The zero-order chi connectivity index (χ0) is 12.3. The van der Waals surface area contributed by atoms with Crippen molar-refractivity contribution in [2.45, 2.75) is 13.5 Å². The highest BCUT2D eigenvalue weighted by atomic mass is 16.7. The Balaban J connectivity index is 2.00. The van der Waals surface area contributed by atoms with Gasteiger partial charge in [-0.15, -0.1) is 0 Å². The van der Waals surface area contributed by atoms with Crippen molar-refractivity contribution >= 4 is 0 Å². The first-order chi connectivity index (χ1) is 8.20. The van der Waals surface area contributed by atoms with E-state index in [-0.39, 0.29) is 18.5 Å². The molecule has 1 unspecified atom stereocenters. The van der Waals surface area contributed by atoms with Gasteiger partial charge in [0.1, 0.15) is 5.75 Å². The molecule has 0 radical (unpaired) electrons. The normalized spacial score (nSPS) is 14.4. The van der Waals surface area contributed by atoms with Gasteiger partial charge in [-0.1, -0.05) is 0 Å². The van der Waals surface area contributed by atoms with Crippen LogP contribution in [0.15, 0.2) is 12.1 Å². The first-order valence-electron chi connectivity index (χ1n) is 5.42. The molecule has 1 aliphatic heterocycles. The van der Waals surface area contributed by atoms with Gasteiger partial charge in [-0.3, -0.25) is 0 Å². The van der Waals surface area contributed by atoms with Crippen molar-refractivity contribution in [1.82, 2.24) is 5.32 Å². The van der Waals surface area contributed by atoms with E-state index < -0.39 is 0 Å². The number of hydrogen-bond acceptors (Lipinski definition) is 5. The second kappa shape index (κ2) is 4.93. The van der Waals surface area contributed by atoms with Crippen LogP contribution in [0.25, 0.3) is 0 Å². The molecule has 2 N–H and O–H groups in total. The van der Waals surface area contributed by atoms with E-state index in [4.69, 9.17) is 14.7 Å². The lowest BCUT2D eigenvalue weighted by Gasteiger charge is -2.08. The van der Waals surface area contributed by atoms with Gasteiger partial charge in [0.05, 0.1) is 12.0 Å². The van der Waals surface area contributed by atoms with Gasteiger partial charge in [-0.25, -0.2) is 0 Å². The number of hydrogen-bond donors (Lipinski definition) is 2. The van der Waals surface area contributed by atoms with Crippen LogP contribution >= 0.6 is 0 Å². The molecule has 0 saturated heterocycles. The number of phenols is 1. The first-order valence-corrected chi connectivity index (χ1v) is 5.42. The Morgan fingerprint density at radius 1 is 1.47 bits per heavy atom. The van der Waals surface area contributed by atoms with Gasteiger partial charge in [0.15, 0.2) is 11.5 Å². The van der Waals surface area contributed by atoms with Crippen molar-refractivity contribution in [2.75, 3.05) is 13.3 Å². The number of nitrogens with one attached hydrogen (secondary N) is 1. The molecule has 0 saturated carbocycles. The monoisotopic (exact) mass is 234 g/mol. The summed E-state index contributed by atoms with van der Waals surface area (Å²) in [6, 6.07) is 5.44. The van der Waals surface area contributed by atoms with E-state index in [1.807, 2.05) is 6.92 Å². The molecule has 1 atom stereocenters. The molecule has 0 amide bonds. The number of nitriles is 1. The van der Waals surface area contributed by atoms with Crippen LogP contribution in [0, 0.1) is 17.2 Å². The second-order valence-electron chi connectivity index (χ2n) is 4.00. The standard InChI is InChI=1S/C12H14N2O3/c1-8(4-13)5-14-6-9-2-11-12(3-10(9)15)17-7-16-11/h2-3,8,14-15H,5-7H2,1H3. The van der Waals surface area contributed by atoms with E-state index in [2.05, 4.69) is 11.4 Å². The Hall–Kier alpha value is -1.93. The van der Waals surface area contributed by atoms with E-state index in [1.165, 1.54) is 0 Å². The van der Waals surface area contributed by atoms with Crippen molar-refractivity contribution in [1.29, 1.82) is 5.26 Å². The third-order valence-electron chi connectivity index (χ3n) is 2.56. The van der Waals surface area contributed by atoms with Crippen LogP contribution in [0.1, 0.15) is 12.5 Å². The molecule has 1 heterocycles. The zero-order valence-corrected chi connectivity index (χ0v) is 9.56. The van der Waals surface area contributed by atoms with Gasteiger partial charge < -0.3 is 19.9 Å². The average molecular weight is 234 g/mol. The van der Waals surface area contributed by atoms with Gasteiger partial charge in [0.25, 0.3) is 0 Å². The quantitative estimate of drug-likeness (QED) is 0.823. The Morgan fingerprint density at radius 2 is 2.18 bits per heavy atom. The van der Waals surface area contributed by atoms with Crippen LogP contribution in [-0.4, -0.2) is 18.4 Å². The zero-order valence-electron chi connectivity index (χ0n) is 9.56. The van der Waals surface area contributed by atoms with Crippen molar-refractivity contribution in [3.05, 3.63) is 17.7 Å². The topological polar surface area (TPSA) is 74.5 Å². The fourth-order valence-corrected chi connectivity index (χ4v) is 1.58. The van der Waals surface area contributed by atoms with E-state index in [1.54, 1.807) is 12.1 Å². The van der Waals surface area contributed by atoms with Crippen LogP contribution in [0.5, 0.6) is 17.2 Å². The first kappa shape index (κ1) is 11.6. The second-order valence-corrected chi connectivity index (χ2v) is 4.00. The maximum atomic E-state index is 9.76. The highest BCUT2D eigenvalue weighted by Crippen LogP contribution is 2.37. The van der Waals surface area contributed by atoms with E-state index in [0.717, 1.165) is 5.56 Å². The van der Waals surface area contributed by atoms with Gasteiger partial charge in [-0.2, -0.15) is 5.26 Å². The fraction of sp³-hybridized carbons (Fsp3) is 0.417. The third kappa shape index (κ3) is 2.60. The minimum absolute atomic E-state index is 0.0499. The summed E-state index contributed by atoms with van der Waals surface area (Å²) in [4.78, 5) is 0. The van der Waals surface area contributed by atoms with Gasteiger partial charge >= 0.3 is 0 Å². The molecule has 0 spiro atoms. The molecular formula is C12H14N2O3. The number of fused-ring (bicyclic) bond motifs is 1. The lowest BCUT2D eigenvalue weighted by Crippen LogP contribution is -2.19. The predicted molar refractivity (Wildman–Crippen MR) is 60.7 cm³/mol. The number of benzene rings is 1. The van der Waals surface area contributed by atoms with E-state index in [9.17, 15) is 5.11 Å². The van der Waals surface area contributed by atoms with Crippen molar-refractivity contribution in [3.63, 3.8) is 0 Å². The Kier molecular flexibility index (Phi) is 3.35. The van der Waals surface area contributed by atoms with Crippen LogP contribution < -0.4 is 14.8 Å². The number of nitrogens with zero attached hydrogens (tertiary/aromatic N) is 1. The highest BCUT2D eigenvalue weighted by Gasteiger charge is 2.16. The van der Waals surface area contributed by atoms with E-state index in [0.29, 0.717) is 24.6 Å². The summed E-state index contributed by atoms with van der Waals surface area (Å²) in [6.45, 7) is 3.11. The smallest absolute Gasteiger partial charge is 0.231 e. The molecule has 0 aliphatic carbocycles. The molecule has 17 heavy (non-hydrogen) atoms. The number of rotatable bonds is 4. The number of ether oxygens (including phenoxy) is 2. The fourth-order valence-electron chi connectivity index (χ4n) is 1.58. The SMILES string of the molecule is CC(C#N)CNCc1cc2c(cc1O)OCO2. The van der Waals surface area contributed by atoms with Gasteiger partial charge in [0, 0.05) is 24.7 Å². The van der Waals surface area contributed by atoms with Crippen LogP contribution in [0.2, 0.25) is 0 Å². The molecule has 0 bridgehead atoms. The Morgan fingerprint density at radius 3 is 2.88 bits per heavy atom. The minimum atomic E-state index is -0.0499. The molecule has 0 fully saturated rings. The lowest BCUT2D eigenvalue weighted by atomic mass is 10.1. The Labute approximate surface area is 99.6 Å². The predicted octanol–water partition coefficient (Wildman–Crippen LogP) is 1.37. The molecule has 2 rings (SSSR count). The van der Waals surface area contributed by atoms with Crippen molar-refractivity contribution < 1.29 is 14.6 Å². The molecular weight excluding hydrogens is 220 g/mol. The number of phenolic OH excluding ortho intramolecular Hbond substituents is 1. The summed E-state index contributed by atoms with van der Waals surface area (Å²) >= 11 is 0. The molecule has 90 valence electrons. The van der Waals surface area contributed by atoms with Crippen LogP contribution in [0.4, 0.5) is 0 Å². The summed E-state index contributed by atoms with van der Waals surface area (Å²) in [5.74, 6) is 1.34. The summed E-state index contributed by atoms with van der Waals surface area (Å²) in [5, 5.41) is 21.5. The van der Waals surface area contributed by atoms with Crippen LogP contribution in [0.3, 0.4) is 0 Å². The molecule has 5 heteroatoms. The molecule has 1 aromatic rings. The summed E-state index contributed by atoms with van der Waals surface area (Å²) in [6.07, 6.45) is 0. The largest absolute Gasteiger partial charge is 0.507 e. The van der Waals surface area contributed by atoms with E-state index >= 15 is 0 Å². The maximum Gasteiger partial charge on any atom is 0.231 e. The Bertz CT molecular complexity index is 454. The summed E-state index contributed by atoms with van der Waals surface area (Å²) < 4.78 is 10.4. The molecule has 1 aromatic carbocycles. The third-order valence-corrected chi connectivity index (χ3v) is 2.56. The van der Waals surface area contributed by atoms with Crippen molar-refractivity contribution in [2.24, 2.45) is 5.92 Å². The van der Waals surface area contributed by atoms with Gasteiger partial charge in [0.2, 0.25) is 6.79 Å². The molecule has 0 aromatic heterocycles. The molecule has 1 aliphatic rings. The average Bonchev–Trinajstić information content (AvgIpc) is 2.76.